The van der Waals surface area contributed by atoms with Crippen molar-refractivity contribution in [3.05, 3.63) is 111 Å². The van der Waals surface area contributed by atoms with Crippen molar-refractivity contribution in [2.75, 3.05) is 65.5 Å². The number of hydrogen-bond donors (Lipinski definition) is 5. The van der Waals surface area contributed by atoms with Gasteiger partial charge < -0.3 is 40.7 Å². The Balaban J connectivity index is 0.685. The number of ether oxygens (including phenoxy) is 1. The van der Waals surface area contributed by atoms with E-state index in [1.807, 2.05) is 35.2 Å². The van der Waals surface area contributed by atoms with Gasteiger partial charge in [0.1, 0.15) is 11.9 Å². The minimum Gasteiger partial charge on any atom is -0.371 e. The van der Waals surface area contributed by atoms with Crippen LogP contribution in [0.4, 0.5) is 4.39 Å². The van der Waals surface area contributed by atoms with Crippen LogP contribution in [0.15, 0.2) is 71.5 Å². The van der Waals surface area contributed by atoms with Gasteiger partial charge in [-0.3, -0.25) is 28.8 Å². The van der Waals surface area contributed by atoms with Crippen LogP contribution < -0.4 is 26.8 Å². The van der Waals surface area contributed by atoms with E-state index < -0.39 is 23.4 Å². The molecule has 7 fully saturated rings. The van der Waals surface area contributed by atoms with E-state index in [4.69, 9.17) is 4.74 Å². The summed E-state index contributed by atoms with van der Waals surface area (Å²) >= 11 is 0. The fraction of sp³-hybridized carbons (Fsp3) is 0.545. The monoisotopic (exact) mass is 986 g/mol. The van der Waals surface area contributed by atoms with E-state index in [1.165, 1.54) is 6.07 Å². The predicted molar refractivity (Wildman–Crippen MR) is 269 cm³/mol. The lowest BCUT2D eigenvalue weighted by atomic mass is 9.71. The van der Waals surface area contributed by atoms with Crippen LogP contribution in [0.2, 0.25) is 0 Å². The fourth-order valence-electron chi connectivity index (χ4n) is 11.8. The maximum atomic E-state index is 15.1. The molecule has 0 spiro atoms. The predicted octanol–water partition coefficient (Wildman–Crippen LogP) is 4.56. The summed E-state index contributed by atoms with van der Waals surface area (Å²) < 4.78 is 21.7. The topological polar surface area (TPSA) is 198 Å². The van der Waals surface area contributed by atoms with Crippen molar-refractivity contribution in [3.8, 4) is 0 Å². The van der Waals surface area contributed by atoms with Crippen LogP contribution in [0, 0.1) is 11.7 Å². The molecule has 1 unspecified atom stereocenters. The van der Waals surface area contributed by atoms with Crippen LogP contribution in [0.3, 0.4) is 0 Å². The molecule has 3 aliphatic carbocycles. The molecule has 72 heavy (non-hydrogen) atoms. The van der Waals surface area contributed by atoms with Gasteiger partial charge in [-0.1, -0.05) is 55.7 Å². The molecule has 382 valence electrons. The molecule has 7 aliphatic rings. The number of nitrogens with zero attached hydrogens (tertiary/aromatic N) is 4. The third-order valence-electron chi connectivity index (χ3n) is 16.5. The first-order valence-electron chi connectivity index (χ1n) is 26.3. The Kier molecular flexibility index (Phi) is 14.8. The Morgan fingerprint density at radius 2 is 1.53 bits per heavy atom. The number of fused-ring (bicyclic) bond motifs is 4. The maximum Gasteiger partial charge on any atom is 0.272 e. The van der Waals surface area contributed by atoms with Gasteiger partial charge in [-0.15, -0.1) is 0 Å². The van der Waals surface area contributed by atoms with Crippen molar-refractivity contribution in [1.29, 1.82) is 0 Å². The molecule has 5 amide bonds. The zero-order valence-corrected chi connectivity index (χ0v) is 41.2. The lowest BCUT2D eigenvalue weighted by molar-refractivity contribution is -0.163. The average Bonchev–Trinajstić information content (AvgIpc) is 4.27. The van der Waals surface area contributed by atoms with Crippen molar-refractivity contribution in [3.63, 3.8) is 0 Å². The van der Waals surface area contributed by atoms with Gasteiger partial charge in [0.05, 0.1) is 41.9 Å². The number of hydrogen-bond acceptors (Lipinski definition) is 10. The number of carbonyl (C=O) groups is 5. The van der Waals surface area contributed by atoms with Crippen LogP contribution in [-0.2, 0) is 25.5 Å². The van der Waals surface area contributed by atoms with E-state index in [9.17, 15) is 28.8 Å². The van der Waals surface area contributed by atoms with Gasteiger partial charge in [-0.2, -0.15) is 5.10 Å². The SMILES string of the molecule is O=C(N[C@@H](C(=O)NCC12CCC(NCC(=O)N3CCN(C(=O)c4cc(Cc5n[nH]c(=O)c6ccccc56)ccc4F)CC3)(CC1)CO2)C1CCCCC1)c1cccc(C2CCCN(C(=O)CNC3CC3)C2)c1. The molecule has 4 aromatic rings. The van der Waals surface area contributed by atoms with E-state index in [0.29, 0.717) is 92.2 Å². The number of piperazine rings is 1. The molecule has 0 radical (unpaired) electrons. The van der Waals surface area contributed by atoms with Crippen molar-refractivity contribution >= 4 is 40.3 Å². The highest BCUT2D eigenvalue weighted by Gasteiger charge is 2.50. The Morgan fingerprint density at radius 3 is 2.28 bits per heavy atom. The third kappa shape index (κ3) is 11.3. The first kappa shape index (κ1) is 49.5. The molecule has 3 aromatic carbocycles. The second-order valence-corrected chi connectivity index (χ2v) is 21.3. The molecule has 17 heteroatoms. The van der Waals surface area contributed by atoms with Crippen LogP contribution in [0.25, 0.3) is 10.8 Å². The highest BCUT2D eigenvalue weighted by atomic mass is 19.1. The normalized spacial score (nSPS) is 24.0. The van der Waals surface area contributed by atoms with E-state index >= 15 is 4.39 Å². The number of carbonyl (C=O) groups excluding carboxylic acids is 5. The van der Waals surface area contributed by atoms with Crippen molar-refractivity contribution in [1.82, 2.24) is 46.2 Å². The van der Waals surface area contributed by atoms with Crippen molar-refractivity contribution in [2.24, 2.45) is 5.92 Å². The number of H-pyrrole nitrogens is 1. The highest BCUT2D eigenvalue weighted by molar-refractivity contribution is 5.98. The van der Waals surface area contributed by atoms with Gasteiger partial charge in [0, 0.05) is 80.7 Å². The van der Waals surface area contributed by atoms with Gasteiger partial charge in [-0.25, -0.2) is 9.49 Å². The Morgan fingerprint density at radius 1 is 0.778 bits per heavy atom. The van der Waals surface area contributed by atoms with Gasteiger partial charge in [0.2, 0.25) is 17.7 Å². The molecule has 2 bridgehead atoms. The van der Waals surface area contributed by atoms with E-state index in [0.717, 1.165) is 82.7 Å². The maximum absolute atomic E-state index is 15.1. The quantitative estimate of drug-likeness (QED) is 0.106. The third-order valence-corrected chi connectivity index (χ3v) is 16.5. The summed E-state index contributed by atoms with van der Waals surface area (Å²) in [5.41, 5.74) is 1.60. The number of piperidine rings is 1. The second kappa shape index (κ2) is 21.6. The Bertz CT molecular complexity index is 2710. The molecule has 3 saturated carbocycles. The Hall–Kier alpha value is -6.04. The number of benzene rings is 3. The molecule has 5 heterocycles. The lowest BCUT2D eigenvalue weighted by Crippen LogP contribution is -2.66. The number of nitrogens with one attached hydrogen (secondary N) is 5. The fourth-order valence-corrected chi connectivity index (χ4v) is 11.8. The minimum absolute atomic E-state index is 0.0301. The first-order valence-corrected chi connectivity index (χ1v) is 26.3. The van der Waals surface area contributed by atoms with Crippen molar-refractivity contribution < 1.29 is 33.1 Å². The molecular weight excluding hydrogens is 918 g/mol. The van der Waals surface area contributed by atoms with Crippen molar-refractivity contribution in [2.45, 2.75) is 119 Å². The summed E-state index contributed by atoms with van der Waals surface area (Å²) in [5, 5.41) is 21.2. The summed E-state index contributed by atoms with van der Waals surface area (Å²) in [5.74, 6) is -1.30. The molecule has 2 atom stereocenters. The summed E-state index contributed by atoms with van der Waals surface area (Å²) in [6.45, 7) is 3.79. The first-order chi connectivity index (χ1) is 34.9. The average molecular weight is 986 g/mol. The molecule has 4 aliphatic heterocycles. The molecule has 1 aromatic heterocycles. The van der Waals surface area contributed by atoms with Gasteiger partial charge >= 0.3 is 0 Å². The van der Waals surface area contributed by atoms with Gasteiger partial charge in [-0.05, 0) is 112 Å². The molecule has 5 N–H and O–H groups in total. The molecule has 11 rings (SSSR count). The number of likely N-dealkylation sites (tertiary alicyclic amines) is 1. The number of rotatable bonds is 16. The van der Waals surface area contributed by atoms with Crippen LogP contribution in [-0.4, -0.2) is 143 Å². The summed E-state index contributed by atoms with van der Waals surface area (Å²) in [6.07, 6.45) is 12.3. The lowest BCUT2D eigenvalue weighted by Gasteiger charge is -2.53. The van der Waals surface area contributed by atoms with Crippen LogP contribution in [0.1, 0.15) is 127 Å². The standard InChI is InChI=1S/C55H68FN9O7/c56-45-18-15-36(29-46-42-13-4-5-14-43(42)51(69)62-61-46)28-44(45)53(71)64-26-24-63(25-27-64)48(67)32-59-54-19-21-55(22-20-54,72-35-54)34-58-52(70)49(37-8-2-1-3-9-37)60-50(68)39-11-6-10-38(30-39)40-12-7-23-65(33-40)47(66)31-57-41-16-17-41/h4-6,10-11,13-15,18,28,30,37,40-41,49,57,59H,1-3,7-9,12,16-17,19-27,29,31-35H2,(H,58,70)(H,60,68)(H,62,69)/t40?,49-,54?,55?/m1/s1. The summed E-state index contributed by atoms with van der Waals surface area (Å²) in [6, 6.07) is 19.1. The largest absolute Gasteiger partial charge is 0.371 e. The van der Waals surface area contributed by atoms with E-state index in [1.54, 1.807) is 40.1 Å². The molecule has 4 saturated heterocycles. The Labute approximate surface area is 419 Å². The van der Waals surface area contributed by atoms with E-state index in [-0.39, 0.29) is 71.8 Å². The summed E-state index contributed by atoms with van der Waals surface area (Å²) in [4.78, 5) is 85.8. The number of halogens is 1. The minimum atomic E-state index is -0.676. The summed E-state index contributed by atoms with van der Waals surface area (Å²) in [7, 11) is 0. The van der Waals surface area contributed by atoms with E-state index in [2.05, 4.69) is 31.5 Å². The van der Waals surface area contributed by atoms with Gasteiger partial charge in [0.15, 0.2) is 0 Å². The van der Waals surface area contributed by atoms with Gasteiger partial charge in [0.25, 0.3) is 17.4 Å². The smallest absolute Gasteiger partial charge is 0.272 e. The zero-order chi connectivity index (χ0) is 49.8. The molecule has 16 nitrogen and oxygen atoms in total. The zero-order valence-electron chi connectivity index (χ0n) is 41.2. The second-order valence-electron chi connectivity index (χ2n) is 21.3. The number of aromatic nitrogens is 2. The van der Waals surface area contributed by atoms with Crippen LogP contribution in [0.5, 0.6) is 0 Å². The number of amides is 5. The number of aromatic amines is 1. The molecular formula is C55H68FN9O7. The highest BCUT2D eigenvalue weighted by Crippen LogP contribution is 2.43. The van der Waals surface area contributed by atoms with Crippen LogP contribution >= 0.6 is 0 Å².